The van der Waals surface area contributed by atoms with Gasteiger partial charge in [0.15, 0.2) is 0 Å². The van der Waals surface area contributed by atoms with E-state index in [2.05, 4.69) is 0 Å². The van der Waals surface area contributed by atoms with Gasteiger partial charge in [0, 0.05) is 18.8 Å². The second-order valence-electron chi connectivity index (χ2n) is 6.45. The zero-order valence-electron chi connectivity index (χ0n) is 12.1. The second kappa shape index (κ2) is 4.76. The van der Waals surface area contributed by atoms with Crippen LogP contribution in [0.5, 0.6) is 0 Å². The highest BCUT2D eigenvalue weighted by Gasteiger charge is 2.38. The van der Waals surface area contributed by atoms with Crippen molar-refractivity contribution >= 4 is 22.4 Å². The number of hydrogen-bond acceptors (Lipinski definition) is 2. The maximum absolute atomic E-state index is 12.8. The molecule has 0 unspecified atom stereocenters. The summed E-state index contributed by atoms with van der Waals surface area (Å²) in [7, 11) is 0. The number of nitrogen functional groups attached to an aromatic ring is 1. The maximum Gasteiger partial charge on any atom is 0.255 e. The van der Waals surface area contributed by atoms with Crippen molar-refractivity contribution < 1.29 is 4.79 Å². The Balaban J connectivity index is 1.66. The van der Waals surface area contributed by atoms with Crippen molar-refractivity contribution in [1.82, 2.24) is 4.90 Å². The van der Waals surface area contributed by atoms with Gasteiger partial charge >= 0.3 is 0 Å². The zero-order chi connectivity index (χ0) is 14.4. The summed E-state index contributed by atoms with van der Waals surface area (Å²) in [5.41, 5.74) is 7.38. The van der Waals surface area contributed by atoms with Crippen molar-refractivity contribution in [3.05, 3.63) is 42.0 Å². The standard InChI is InChI=1S/C18H20N2O/c19-17-9-13-5-2-1-4-12(13)8-16(17)18(21)20-10-14-6-3-7-15(14)11-20/h1-2,4-5,8-9,14-15H,3,6-7,10-11,19H2/t14-,15-/m0/s1. The molecule has 0 radical (unpaired) electrons. The molecule has 2 N–H and O–H groups in total. The highest BCUT2D eigenvalue weighted by Crippen LogP contribution is 2.38. The molecule has 0 bridgehead atoms. The van der Waals surface area contributed by atoms with Gasteiger partial charge in [0.2, 0.25) is 0 Å². The van der Waals surface area contributed by atoms with Gasteiger partial charge in [-0.2, -0.15) is 0 Å². The molecule has 1 aliphatic carbocycles. The van der Waals surface area contributed by atoms with E-state index in [0.29, 0.717) is 11.3 Å². The number of fused-ring (bicyclic) bond motifs is 2. The molecule has 2 fully saturated rings. The van der Waals surface area contributed by atoms with Crippen LogP contribution in [0.15, 0.2) is 36.4 Å². The third kappa shape index (κ3) is 2.08. The monoisotopic (exact) mass is 280 g/mol. The quantitative estimate of drug-likeness (QED) is 0.815. The van der Waals surface area contributed by atoms with E-state index in [4.69, 9.17) is 5.73 Å². The SMILES string of the molecule is Nc1cc2ccccc2cc1C(=O)N1C[C@@H]2CCC[C@H]2C1. The first-order valence-electron chi connectivity index (χ1n) is 7.80. The molecule has 0 aromatic heterocycles. The number of nitrogens with two attached hydrogens (primary N) is 1. The number of hydrogen-bond donors (Lipinski definition) is 1. The van der Waals surface area contributed by atoms with Gasteiger partial charge in [-0.15, -0.1) is 0 Å². The van der Waals surface area contributed by atoms with Crippen molar-refractivity contribution in [3.8, 4) is 0 Å². The largest absolute Gasteiger partial charge is 0.398 e. The minimum absolute atomic E-state index is 0.104. The third-order valence-corrected chi connectivity index (χ3v) is 5.16. The zero-order valence-corrected chi connectivity index (χ0v) is 12.1. The first-order chi connectivity index (χ1) is 10.2. The van der Waals surface area contributed by atoms with E-state index in [9.17, 15) is 4.79 Å². The lowest BCUT2D eigenvalue weighted by atomic mass is 10.0. The molecule has 1 aliphatic heterocycles. The number of carbonyl (C=O) groups is 1. The second-order valence-corrected chi connectivity index (χ2v) is 6.45. The van der Waals surface area contributed by atoms with Crippen LogP contribution in [0, 0.1) is 11.8 Å². The van der Waals surface area contributed by atoms with E-state index in [0.717, 1.165) is 35.7 Å². The fourth-order valence-electron chi connectivity index (χ4n) is 4.01. The lowest BCUT2D eigenvalue weighted by molar-refractivity contribution is 0.0782. The van der Waals surface area contributed by atoms with Crippen LogP contribution in [0.25, 0.3) is 10.8 Å². The summed E-state index contributed by atoms with van der Waals surface area (Å²) in [5, 5.41) is 2.17. The summed E-state index contributed by atoms with van der Waals surface area (Å²) in [4.78, 5) is 14.8. The molecule has 2 aromatic carbocycles. The average molecular weight is 280 g/mol. The molecule has 1 heterocycles. The van der Waals surface area contributed by atoms with Crippen LogP contribution in [-0.4, -0.2) is 23.9 Å². The van der Waals surface area contributed by atoms with Gasteiger partial charge < -0.3 is 10.6 Å². The van der Waals surface area contributed by atoms with Gasteiger partial charge in [0.25, 0.3) is 5.91 Å². The van der Waals surface area contributed by atoms with Crippen LogP contribution in [0.4, 0.5) is 5.69 Å². The number of likely N-dealkylation sites (tertiary alicyclic amines) is 1. The van der Waals surface area contributed by atoms with Crippen molar-refractivity contribution in [1.29, 1.82) is 0 Å². The Bertz CT molecular complexity index is 697. The first-order valence-corrected chi connectivity index (χ1v) is 7.80. The highest BCUT2D eigenvalue weighted by molar-refractivity contribution is 6.04. The molecule has 4 rings (SSSR count). The van der Waals surface area contributed by atoms with Crippen molar-refractivity contribution in [3.63, 3.8) is 0 Å². The smallest absolute Gasteiger partial charge is 0.255 e. The van der Waals surface area contributed by atoms with Crippen LogP contribution in [-0.2, 0) is 0 Å². The molecule has 3 heteroatoms. The molecular weight excluding hydrogens is 260 g/mol. The highest BCUT2D eigenvalue weighted by atomic mass is 16.2. The van der Waals surface area contributed by atoms with E-state index in [-0.39, 0.29) is 5.91 Å². The molecule has 2 aromatic rings. The van der Waals surface area contributed by atoms with Crippen LogP contribution >= 0.6 is 0 Å². The fourth-order valence-corrected chi connectivity index (χ4v) is 4.01. The van der Waals surface area contributed by atoms with Gasteiger partial charge in [-0.3, -0.25) is 4.79 Å². The maximum atomic E-state index is 12.8. The molecule has 1 saturated heterocycles. The Morgan fingerprint density at radius 2 is 1.67 bits per heavy atom. The number of carbonyl (C=O) groups excluding carboxylic acids is 1. The molecular formula is C18H20N2O. The van der Waals surface area contributed by atoms with Crippen molar-refractivity contribution in [2.45, 2.75) is 19.3 Å². The summed E-state index contributed by atoms with van der Waals surface area (Å²) in [6.45, 7) is 1.82. The van der Waals surface area contributed by atoms with Gasteiger partial charge in [0.05, 0.1) is 5.56 Å². The number of benzene rings is 2. The van der Waals surface area contributed by atoms with Gasteiger partial charge in [-0.05, 0) is 47.6 Å². The fraction of sp³-hybridized carbons (Fsp3) is 0.389. The Morgan fingerprint density at radius 1 is 1.05 bits per heavy atom. The number of amides is 1. The van der Waals surface area contributed by atoms with Gasteiger partial charge in [0.1, 0.15) is 0 Å². The van der Waals surface area contributed by atoms with Crippen molar-refractivity contribution in [2.24, 2.45) is 11.8 Å². The Hall–Kier alpha value is -2.03. The molecule has 2 atom stereocenters. The summed E-state index contributed by atoms with van der Waals surface area (Å²) in [6, 6.07) is 11.9. The molecule has 0 spiro atoms. The third-order valence-electron chi connectivity index (χ3n) is 5.16. The van der Waals surface area contributed by atoms with Gasteiger partial charge in [-0.25, -0.2) is 0 Å². The van der Waals surface area contributed by atoms with Crippen LogP contribution in [0.1, 0.15) is 29.6 Å². The Kier molecular flexibility index (Phi) is 2.88. The van der Waals surface area contributed by atoms with Crippen LogP contribution in [0.2, 0.25) is 0 Å². The van der Waals surface area contributed by atoms with Crippen LogP contribution < -0.4 is 5.73 Å². The topological polar surface area (TPSA) is 46.3 Å². The molecule has 21 heavy (non-hydrogen) atoms. The number of nitrogens with zero attached hydrogens (tertiary/aromatic N) is 1. The summed E-state index contributed by atoms with van der Waals surface area (Å²) in [6.07, 6.45) is 3.89. The van der Waals surface area contributed by atoms with Crippen LogP contribution in [0.3, 0.4) is 0 Å². The number of rotatable bonds is 1. The van der Waals surface area contributed by atoms with E-state index < -0.39 is 0 Å². The summed E-state index contributed by atoms with van der Waals surface area (Å²) >= 11 is 0. The summed E-state index contributed by atoms with van der Waals surface area (Å²) in [5.74, 6) is 1.54. The van der Waals surface area contributed by atoms with E-state index >= 15 is 0 Å². The molecule has 2 aliphatic rings. The minimum atomic E-state index is 0.104. The lowest BCUT2D eigenvalue weighted by Gasteiger charge is -2.19. The lowest BCUT2D eigenvalue weighted by Crippen LogP contribution is -2.30. The average Bonchev–Trinajstić information content (AvgIpc) is 3.07. The molecule has 1 amide bonds. The molecule has 108 valence electrons. The Morgan fingerprint density at radius 3 is 2.33 bits per heavy atom. The van der Waals surface area contributed by atoms with Gasteiger partial charge in [-0.1, -0.05) is 30.7 Å². The van der Waals surface area contributed by atoms with E-state index in [1.165, 1.54) is 19.3 Å². The predicted octanol–water partition coefficient (Wildman–Crippen LogP) is 3.29. The molecule has 3 nitrogen and oxygen atoms in total. The number of anilines is 1. The minimum Gasteiger partial charge on any atom is -0.398 e. The first kappa shape index (κ1) is 12.7. The Labute approximate surface area is 124 Å². The normalized spacial score (nSPS) is 24.5. The molecule has 1 saturated carbocycles. The van der Waals surface area contributed by atoms with E-state index in [1.807, 2.05) is 41.3 Å². The predicted molar refractivity (Wildman–Crippen MR) is 85.1 cm³/mol. The van der Waals surface area contributed by atoms with E-state index in [1.54, 1.807) is 0 Å². The summed E-state index contributed by atoms with van der Waals surface area (Å²) < 4.78 is 0. The van der Waals surface area contributed by atoms with Crippen molar-refractivity contribution in [2.75, 3.05) is 18.8 Å².